The summed E-state index contributed by atoms with van der Waals surface area (Å²) in [6.45, 7) is 3.68. The molecule has 0 spiro atoms. The van der Waals surface area contributed by atoms with Crippen LogP contribution in [0, 0.1) is 0 Å². The van der Waals surface area contributed by atoms with Crippen LogP contribution in [0.15, 0.2) is 54.7 Å². The van der Waals surface area contributed by atoms with E-state index in [0.29, 0.717) is 54.1 Å². The fourth-order valence-corrected chi connectivity index (χ4v) is 3.52. The van der Waals surface area contributed by atoms with Crippen molar-refractivity contribution >= 4 is 11.2 Å². The first-order valence-corrected chi connectivity index (χ1v) is 9.94. The quantitative estimate of drug-likeness (QED) is 0.534. The van der Waals surface area contributed by atoms with Gasteiger partial charge in [-0.2, -0.15) is 0 Å². The summed E-state index contributed by atoms with van der Waals surface area (Å²) in [6.07, 6.45) is 2.62. The van der Waals surface area contributed by atoms with Crippen molar-refractivity contribution in [3.63, 3.8) is 0 Å². The van der Waals surface area contributed by atoms with Gasteiger partial charge in [-0.3, -0.25) is 4.57 Å². The van der Waals surface area contributed by atoms with Crippen LogP contribution in [0.3, 0.4) is 0 Å². The van der Waals surface area contributed by atoms with Crippen molar-refractivity contribution in [3.05, 3.63) is 54.7 Å². The average Bonchev–Trinajstić information content (AvgIpc) is 3.16. The molecule has 0 amide bonds. The number of rotatable bonds is 5. The van der Waals surface area contributed by atoms with Crippen LogP contribution in [0.1, 0.15) is 13.3 Å². The summed E-state index contributed by atoms with van der Waals surface area (Å²) in [7, 11) is 0. The first kappa shape index (κ1) is 18.3. The van der Waals surface area contributed by atoms with Crippen molar-refractivity contribution in [3.8, 4) is 40.1 Å². The normalized spacial score (nSPS) is 12.8. The molecular formula is C23H21N3O4. The molecule has 1 aliphatic heterocycles. The Bertz CT molecular complexity index is 1220. The Morgan fingerprint density at radius 1 is 1.07 bits per heavy atom. The summed E-state index contributed by atoms with van der Waals surface area (Å²) in [6, 6.07) is 14.7. The number of benzene rings is 2. The van der Waals surface area contributed by atoms with E-state index in [2.05, 4.69) is 4.98 Å². The van der Waals surface area contributed by atoms with Gasteiger partial charge in [0.15, 0.2) is 23.0 Å². The highest BCUT2D eigenvalue weighted by molar-refractivity contribution is 5.82. The second-order valence-corrected chi connectivity index (χ2v) is 6.97. The molecule has 2 aromatic heterocycles. The molecule has 152 valence electrons. The summed E-state index contributed by atoms with van der Waals surface area (Å²) in [5.41, 5.74) is 2.83. The Hall–Kier alpha value is -3.74. The third kappa shape index (κ3) is 3.18. The van der Waals surface area contributed by atoms with E-state index in [1.165, 1.54) is 0 Å². The first-order valence-electron chi connectivity index (χ1n) is 9.94. The molecule has 0 saturated carbocycles. The SMILES string of the molecule is CCCOc1ccc(-c2nc3cccnc3n2-c2ccc3c(c2)OCCO3)c(O)c1. The van der Waals surface area contributed by atoms with Crippen LogP contribution < -0.4 is 14.2 Å². The number of imidazole rings is 1. The zero-order chi connectivity index (χ0) is 20.5. The minimum atomic E-state index is 0.0951. The van der Waals surface area contributed by atoms with Gasteiger partial charge in [0.1, 0.15) is 30.2 Å². The number of pyridine rings is 1. The second-order valence-electron chi connectivity index (χ2n) is 6.97. The third-order valence-electron chi connectivity index (χ3n) is 4.88. The van der Waals surface area contributed by atoms with Crippen molar-refractivity contribution in [1.82, 2.24) is 14.5 Å². The Morgan fingerprint density at radius 2 is 1.93 bits per heavy atom. The van der Waals surface area contributed by atoms with Gasteiger partial charge in [0.25, 0.3) is 0 Å². The zero-order valence-corrected chi connectivity index (χ0v) is 16.5. The van der Waals surface area contributed by atoms with Crippen LogP contribution in [0.4, 0.5) is 0 Å². The molecule has 0 unspecified atom stereocenters. The lowest BCUT2D eigenvalue weighted by atomic mass is 10.1. The number of nitrogens with zero attached hydrogens (tertiary/aromatic N) is 3. The van der Waals surface area contributed by atoms with Crippen molar-refractivity contribution in [2.75, 3.05) is 19.8 Å². The smallest absolute Gasteiger partial charge is 0.164 e. The van der Waals surface area contributed by atoms with Crippen LogP contribution in [-0.4, -0.2) is 39.5 Å². The number of hydrogen-bond donors (Lipinski definition) is 1. The number of hydrogen-bond acceptors (Lipinski definition) is 6. The van der Waals surface area contributed by atoms with E-state index in [4.69, 9.17) is 19.2 Å². The van der Waals surface area contributed by atoms with Gasteiger partial charge in [0.05, 0.1) is 17.9 Å². The molecule has 30 heavy (non-hydrogen) atoms. The molecule has 7 heteroatoms. The summed E-state index contributed by atoms with van der Waals surface area (Å²) in [5, 5.41) is 10.7. The number of aromatic hydroxyl groups is 1. The maximum atomic E-state index is 10.7. The molecule has 3 heterocycles. The van der Waals surface area contributed by atoms with Gasteiger partial charge in [0, 0.05) is 18.3 Å². The second kappa shape index (κ2) is 7.59. The highest BCUT2D eigenvalue weighted by Gasteiger charge is 2.20. The molecule has 5 rings (SSSR count). The summed E-state index contributed by atoms with van der Waals surface area (Å²) < 4.78 is 18.9. The summed E-state index contributed by atoms with van der Waals surface area (Å²) >= 11 is 0. The lowest BCUT2D eigenvalue weighted by Crippen LogP contribution is -2.15. The lowest BCUT2D eigenvalue weighted by molar-refractivity contribution is 0.171. The first-order chi connectivity index (χ1) is 14.7. The molecule has 0 aliphatic carbocycles. The molecule has 2 aromatic carbocycles. The third-order valence-corrected chi connectivity index (χ3v) is 4.88. The molecule has 0 radical (unpaired) electrons. The number of phenolic OH excluding ortho intramolecular Hbond substituents is 1. The van der Waals surface area contributed by atoms with Crippen molar-refractivity contribution in [1.29, 1.82) is 0 Å². The Balaban J connectivity index is 1.67. The van der Waals surface area contributed by atoms with Crippen molar-refractivity contribution in [2.45, 2.75) is 13.3 Å². The molecule has 1 N–H and O–H groups in total. The van der Waals surface area contributed by atoms with Crippen LogP contribution in [0.2, 0.25) is 0 Å². The maximum absolute atomic E-state index is 10.7. The number of phenols is 1. The number of fused-ring (bicyclic) bond motifs is 2. The van der Waals surface area contributed by atoms with E-state index in [9.17, 15) is 5.11 Å². The van der Waals surface area contributed by atoms with Gasteiger partial charge in [-0.05, 0) is 42.8 Å². The van der Waals surface area contributed by atoms with Crippen molar-refractivity contribution in [2.24, 2.45) is 0 Å². The summed E-state index contributed by atoms with van der Waals surface area (Å²) in [4.78, 5) is 9.28. The molecule has 0 atom stereocenters. The summed E-state index contributed by atoms with van der Waals surface area (Å²) in [5.74, 6) is 2.69. The van der Waals surface area contributed by atoms with Gasteiger partial charge in [-0.15, -0.1) is 0 Å². The van der Waals surface area contributed by atoms with E-state index in [-0.39, 0.29) is 5.75 Å². The predicted molar refractivity (Wildman–Crippen MR) is 113 cm³/mol. The number of ether oxygens (including phenoxy) is 3. The molecule has 1 aliphatic rings. The highest BCUT2D eigenvalue weighted by atomic mass is 16.6. The van der Waals surface area contributed by atoms with Crippen molar-refractivity contribution < 1.29 is 19.3 Å². The van der Waals surface area contributed by atoms with E-state index < -0.39 is 0 Å². The average molecular weight is 403 g/mol. The fourth-order valence-electron chi connectivity index (χ4n) is 3.52. The van der Waals surface area contributed by atoms with Crippen LogP contribution in [0.25, 0.3) is 28.2 Å². The van der Waals surface area contributed by atoms with Gasteiger partial charge in [0.2, 0.25) is 0 Å². The molecule has 0 bridgehead atoms. The fraction of sp³-hybridized carbons (Fsp3) is 0.217. The minimum absolute atomic E-state index is 0.0951. The molecule has 7 nitrogen and oxygen atoms in total. The molecule has 0 saturated heterocycles. The van der Waals surface area contributed by atoms with Gasteiger partial charge in [-0.25, -0.2) is 9.97 Å². The van der Waals surface area contributed by atoms with Crippen LogP contribution in [0.5, 0.6) is 23.0 Å². The topological polar surface area (TPSA) is 78.6 Å². The highest BCUT2D eigenvalue weighted by Crippen LogP contribution is 2.38. The largest absolute Gasteiger partial charge is 0.507 e. The Labute approximate surface area is 173 Å². The van der Waals surface area contributed by atoms with Gasteiger partial charge in [-0.1, -0.05) is 6.92 Å². The van der Waals surface area contributed by atoms with E-state index >= 15 is 0 Å². The van der Waals surface area contributed by atoms with Gasteiger partial charge >= 0.3 is 0 Å². The van der Waals surface area contributed by atoms with Crippen LogP contribution >= 0.6 is 0 Å². The predicted octanol–water partition coefficient (Wildman–Crippen LogP) is 4.35. The maximum Gasteiger partial charge on any atom is 0.164 e. The van der Waals surface area contributed by atoms with Gasteiger partial charge < -0.3 is 19.3 Å². The Kier molecular flexibility index (Phi) is 4.63. The molecular weight excluding hydrogens is 382 g/mol. The van der Waals surface area contributed by atoms with E-state index in [1.54, 1.807) is 12.3 Å². The van der Waals surface area contributed by atoms with E-state index in [1.807, 2.05) is 54.0 Å². The monoisotopic (exact) mass is 403 g/mol. The Morgan fingerprint density at radius 3 is 2.77 bits per heavy atom. The zero-order valence-electron chi connectivity index (χ0n) is 16.5. The van der Waals surface area contributed by atoms with E-state index in [0.717, 1.165) is 17.6 Å². The lowest BCUT2D eigenvalue weighted by Gasteiger charge is -2.19. The van der Waals surface area contributed by atoms with Crippen LogP contribution in [-0.2, 0) is 0 Å². The standard InChI is InChI=1S/C23H21N3O4/c1-2-10-28-16-6-7-17(19(27)14-16)22-25-18-4-3-9-24-23(18)26(22)15-5-8-20-21(13-15)30-12-11-29-20/h3-9,13-14,27H,2,10-12H2,1H3. The molecule has 4 aromatic rings. The molecule has 0 fully saturated rings. The number of aromatic nitrogens is 3. The minimum Gasteiger partial charge on any atom is -0.507 e.